The highest BCUT2D eigenvalue weighted by Crippen LogP contribution is 2.44. The number of nitrogens with one attached hydrogen (secondary N) is 1. The molecule has 0 unspecified atom stereocenters. The summed E-state index contributed by atoms with van der Waals surface area (Å²) in [7, 11) is 0. The van der Waals surface area contributed by atoms with Gasteiger partial charge in [-0.1, -0.05) is 0 Å². The van der Waals surface area contributed by atoms with Gasteiger partial charge in [-0.3, -0.25) is 0 Å². The summed E-state index contributed by atoms with van der Waals surface area (Å²) in [6.07, 6.45) is 5.75. The molecular formula is C9H14N4. The second-order valence-corrected chi connectivity index (χ2v) is 3.65. The van der Waals surface area contributed by atoms with Crippen LogP contribution >= 0.6 is 0 Å². The summed E-state index contributed by atoms with van der Waals surface area (Å²) in [5.74, 6) is 0.884. The third kappa shape index (κ3) is 1.95. The zero-order valence-electron chi connectivity index (χ0n) is 7.53. The third-order valence-corrected chi connectivity index (χ3v) is 2.62. The average Bonchev–Trinajstić information content (AvgIpc) is 2.97. The molecule has 1 aromatic heterocycles. The van der Waals surface area contributed by atoms with Crippen LogP contribution in [0.4, 0.5) is 5.82 Å². The van der Waals surface area contributed by atoms with Crippen LogP contribution in [0.2, 0.25) is 0 Å². The Hall–Kier alpha value is -1.16. The van der Waals surface area contributed by atoms with Gasteiger partial charge in [0.05, 0.1) is 0 Å². The van der Waals surface area contributed by atoms with E-state index in [0.29, 0.717) is 5.41 Å². The summed E-state index contributed by atoms with van der Waals surface area (Å²) in [4.78, 5) is 7.93. The summed E-state index contributed by atoms with van der Waals surface area (Å²) in [5.41, 5.74) is 6.01. The van der Waals surface area contributed by atoms with Crippen molar-refractivity contribution in [1.82, 2.24) is 9.97 Å². The molecule has 0 radical (unpaired) electrons. The molecule has 1 aromatic rings. The van der Waals surface area contributed by atoms with Crippen molar-refractivity contribution >= 4 is 5.82 Å². The Kier molecular flexibility index (Phi) is 2.14. The van der Waals surface area contributed by atoms with Gasteiger partial charge in [-0.25, -0.2) is 9.97 Å². The van der Waals surface area contributed by atoms with Crippen LogP contribution in [0.25, 0.3) is 0 Å². The Labute approximate surface area is 77.6 Å². The van der Waals surface area contributed by atoms with Gasteiger partial charge in [0.15, 0.2) is 0 Å². The summed E-state index contributed by atoms with van der Waals surface area (Å²) in [6, 6.07) is 1.87. The van der Waals surface area contributed by atoms with Gasteiger partial charge in [0.1, 0.15) is 12.1 Å². The van der Waals surface area contributed by atoms with Crippen molar-refractivity contribution in [3.05, 3.63) is 18.6 Å². The Morgan fingerprint density at radius 3 is 2.92 bits per heavy atom. The lowest BCUT2D eigenvalue weighted by molar-refractivity contribution is 0.555. The monoisotopic (exact) mass is 178 g/mol. The highest BCUT2D eigenvalue weighted by Gasteiger charge is 2.40. The van der Waals surface area contributed by atoms with Crippen LogP contribution in [0.15, 0.2) is 18.6 Å². The highest BCUT2D eigenvalue weighted by atomic mass is 15.0. The first kappa shape index (κ1) is 8.44. The van der Waals surface area contributed by atoms with Gasteiger partial charge in [0.2, 0.25) is 0 Å². The molecule has 0 atom stereocenters. The molecule has 1 aliphatic rings. The van der Waals surface area contributed by atoms with Crippen molar-refractivity contribution in [2.24, 2.45) is 11.1 Å². The first-order valence-corrected chi connectivity index (χ1v) is 4.55. The van der Waals surface area contributed by atoms with Crippen LogP contribution in [0.1, 0.15) is 12.8 Å². The van der Waals surface area contributed by atoms with Gasteiger partial charge in [-0.2, -0.15) is 0 Å². The van der Waals surface area contributed by atoms with Crippen LogP contribution in [0, 0.1) is 5.41 Å². The Morgan fingerprint density at radius 2 is 2.38 bits per heavy atom. The predicted molar refractivity (Wildman–Crippen MR) is 51.2 cm³/mol. The lowest BCUT2D eigenvalue weighted by Crippen LogP contribution is -2.24. The van der Waals surface area contributed by atoms with E-state index in [1.165, 1.54) is 12.8 Å². The van der Waals surface area contributed by atoms with E-state index in [4.69, 9.17) is 5.73 Å². The lowest BCUT2D eigenvalue weighted by atomic mass is 10.1. The van der Waals surface area contributed by atoms with E-state index in [1.807, 2.05) is 6.07 Å². The number of aromatic nitrogens is 2. The first-order chi connectivity index (χ1) is 6.35. The number of nitrogens with zero attached hydrogens (tertiary/aromatic N) is 2. The van der Waals surface area contributed by atoms with Crippen LogP contribution in [-0.2, 0) is 0 Å². The SMILES string of the molecule is NCC1(CNc2ccncn2)CC1. The van der Waals surface area contributed by atoms with Crippen LogP contribution in [-0.4, -0.2) is 23.1 Å². The number of anilines is 1. The molecule has 0 spiro atoms. The Morgan fingerprint density at radius 1 is 1.54 bits per heavy atom. The molecule has 4 heteroatoms. The smallest absolute Gasteiger partial charge is 0.129 e. The first-order valence-electron chi connectivity index (χ1n) is 4.55. The van der Waals surface area contributed by atoms with Gasteiger partial charge in [0.25, 0.3) is 0 Å². The number of rotatable bonds is 4. The van der Waals surface area contributed by atoms with E-state index >= 15 is 0 Å². The van der Waals surface area contributed by atoms with Crippen molar-refractivity contribution in [3.63, 3.8) is 0 Å². The molecule has 2 rings (SSSR count). The van der Waals surface area contributed by atoms with Crippen LogP contribution < -0.4 is 11.1 Å². The zero-order chi connectivity index (χ0) is 9.15. The van der Waals surface area contributed by atoms with E-state index in [-0.39, 0.29) is 0 Å². The van der Waals surface area contributed by atoms with Crippen molar-refractivity contribution in [2.75, 3.05) is 18.4 Å². The van der Waals surface area contributed by atoms with E-state index in [9.17, 15) is 0 Å². The molecule has 1 heterocycles. The maximum absolute atomic E-state index is 5.66. The maximum Gasteiger partial charge on any atom is 0.129 e. The number of nitrogens with two attached hydrogens (primary N) is 1. The summed E-state index contributed by atoms with van der Waals surface area (Å²) >= 11 is 0. The van der Waals surface area contributed by atoms with Gasteiger partial charge < -0.3 is 11.1 Å². The fourth-order valence-electron chi connectivity index (χ4n) is 1.30. The van der Waals surface area contributed by atoms with Crippen molar-refractivity contribution in [1.29, 1.82) is 0 Å². The second-order valence-electron chi connectivity index (χ2n) is 3.65. The standard InChI is InChI=1S/C9H14N4/c10-5-9(2-3-9)6-12-8-1-4-11-7-13-8/h1,4,7H,2-3,5-6,10H2,(H,11,12,13). The molecule has 70 valence electrons. The van der Waals surface area contributed by atoms with Crippen LogP contribution in [0.5, 0.6) is 0 Å². The summed E-state index contributed by atoms with van der Waals surface area (Å²) < 4.78 is 0. The fraction of sp³-hybridized carbons (Fsp3) is 0.556. The van der Waals surface area contributed by atoms with E-state index in [0.717, 1.165) is 18.9 Å². The van der Waals surface area contributed by atoms with Crippen LogP contribution in [0.3, 0.4) is 0 Å². The molecule has 0 amide bonds. The third-order valence-electron chi connectivity index (χ3n) is 2.62. The lowest BCUT2D eigenvalue weighted by Gasteiger charge is -2.13. The van der Waals surface area contributed by atoms with Gasteiger partial charge >= 0.3 is 0 Å². The van der Waals surface area contributed by atoms with Gasteiger partial charge in [-0.05, 0) is 30.9 Å². The predicted octanol–water partition coefficient (Wildman–Crippen LogP) is 0.627. The van der Waals surface area contributed by atoms with E-state index in [1.54, 1.807) is 12.5 Å². The minimum absolute atomic E-state index is 0.352. The largest absolute Gasteiger partial charge is 0.369 e. The van der Waals surface area contributed by atoms with Crippen molar-refractivity contribution in [3.8, 4) is 0 Å². The highest BCUT2D eigenvalue weighted by molar-refractivity contribution is 5.32. The van der Waals surface area contributed by atoms with Crippen molar-refractivity contribution < 1.29 is 0 Å². The Bertz CT molecular complexity index is 268. The minimum Gasteiger partial charge on any atom is -0.369 e. The fourth-order valence-corrected chi connectivity index (χ4v) is 1.30. The molecule has 0 aliphatic heterocycles. The topological polar surface area (TPSA) is 63.8 Å². The molecule has 0 aromatic carbocycles. The normalized spacial score (nSPS) is 18.2. The summed E-state index contributed by atoms with van der Waals surface area (Å²) in [5, 5.41) is 3.27. The molecular weight excluding hydrogens is 164 g/mol. The molecule has 1 aliphatic carbocycles. The van der Waals surface area contributed by atoms with Crippen molar-refractivity contribution in [2.45, 2.75) is 12.8 Å². The molecule has 4 nitrogen and oxygen atoms in total. The quantitative estimate of drug-likeness (QED) is 0.709. The average molecular weight is 178 g/mol. The summed E-state index contributed by atoms with van der Waals surface area (Å²) in [6.45, 7) is 1.70. The molecule has 1 saturated carbocycles. The minimum atomic E-state index is 0.352. The van der Waals surface area contributed by atoms with E-state index < -0.39 is 0 Å². The maximum atomic E-state index is 5.66. The zero-order valence-corrected chi connectivity index (χ0v) is 7.53. The van der Waals surface area contributed by atoms with Gasteiger partial charge in [-0.15, -0.1) is 0 Å². The Balaban J connectivity index is 1.86. The molecule has 13 heavy (non-hydrogen) atoms. The second kappa shape index (κ2) is 3.30. The number of hydrogen-bond acceptors (Lipinski definition) is 4. The van der Waals surface area contributed by atoms with Gasteiger partial charge in [0, 0.05) is 12.7 Å². The molecule has 1 fully saturated rings. The van der Waals surface area contributed by atoms with E-state index in [2.05, 4.69) is 15.3 Å². The molecule has 0 saturated heterocycles. The number of hydrogen-bond donors (Lipinski definition) is 2. The molecule has 3 N–H and O–H groups in total. The molecule has 0 bridgehead atoms.